The first-order valence-electron chi connectivity index (χ1n) is 9.35. The number of nitrogens with zero attached hydrogens (tertiary/aromatic N) is 2. The van der Waals surface area contributed by atoms with E-state index in [0.717, 1.165) is 41.6 Å². The molecule has 1 aliphatic heterocycles. The maximum atomic E-state index is 13.1. The fraction of sp³-hybridized carbons (Fsp3) is 0.273. The van der Waals surface area contributed by atoms with Crippen molar-refractivity contribution in [3.8, 4) is 0 Å². The van der Waals surface area contributed by atoms with Crippen molar-refractivity contribution in [2.45, 2.75) is 25.5 Å². The minimum absolute atomic E-state index is 0.102. The van der Waals surface area contributed by atoms with E-state index in [2.05, 4.69) is 10.3 Å². The lowest BCUT2D eigenvalue weighted by molar-refractivity contribution is 0.0819. The zero-order chi connectivity index (χ0) is 18.5. The van der Waals surface area contributed by atoms with Crippen LogP contribution in [0.25, 0.3) is 10.9 Å². The van der Waals surface area contributed by atoms with Crippen molar-refractivity contribution in [2.24, 2.45) is 0 Å². The van der Waals surface area contributed by atoms with Gasteiger partial charge in [-0.3, -0.25) is 4.98 Å². The third-order valence-corrected chi connectivity index (χ3v) is 4.83. The molecule has 0 saturated carbocycles. The minimum atomic E-state index is -0.132. The highest BCUT2D eigenvalue weighted by Crippen LogP contribution is 2.22. The van der Waals surface area contributed by atoms with Crippen molar-refractivity contribution >= 4 is 22.6 Å². The number of benzene rings is 2. The summed E-state index contributed by atoms with van der Waals surface area (Å²) in [4.78, 5) is 19.3. The average Bonchev–Trinajstić information content (AvgIpc) is 3.22. The molecule has 0 aliphatic carbocycles. The van der Waals surface area contributed by atoms with Gasteiger partial charge in [0.25, 0.3) is 0 Å². The Balaban J connectivity index is 1.55. The number of amides is 2. The number of nitrogens with one attached hydrogen (secondary N) is 1. The molecular formula is C22H23N3O2. The van der Waals surface area contributed by atoms with Crippen LogP contribution in [0.4, 0.5) is 10.5 Å². The van der Waals surface area contributed by atoms with Crippen molar-refractivity contribution in [1.82, 2.24) is 9.88 Å². The number of anilines is 1. The summed E-state index contributed by atoms with van der Waals surface area (Å²) in [5, 5.41) is 4.05. The van der Waals surface area contributed by atoms with Crippen LogP contribution in [-0.2, 0) is 11.3 Å². The summed E-state index contributed by atoms with van der Waals surface area (Å²) >= 11 is 0. The van der Waals surface area contributed by atoms with Gasteiger partial charge in [-0.25, -0.2) is 4.79 Å². The number of hydrogen-bond donors (Lipinski definition) is 1. The van der Waals surface area contributed by atoms with Gasteiger partial charge in [0.1, 0.15) is 0 Å². The summed E-state index contributed by atoms with van der Waals surface area (Å²) in [5.41, 5.74) is 2.62. The molecule has 138 valence electrons. The van der Waals surface area contributed by atoms with Crippen LogP contribution in [0.3, 0.4) is 0 Å². The molecule has 5 nitrogen and oxygen atoms in total. The number of carbonyl (C=O) groups excluding carboxylic acids is 1. The zero-order valence-electron chi connectivity index (χ0n) is 15.2. The molecule has 3 aromatic rings. The normalized spacial score (nSPS) is 16.4. The van der Waals surface area contributed by atoms with Gasteiger partial charge in [0.05, 0.1) is 17.3 Å². The molecule has 27 heavy (non-hydrogen) atoms. The van der Waals surface area contributed by atoms with Gasteiger partial charge in [-0.1, -0.05) is 48.5 Å². The van der Waals surface area contributed by atoms with Crippen LogP contribution >= 0.6 is 0 Å². The standard InChI is InChI=1S/C22H23N3O2/c26-22(24-20-12-4-9-18-10-5-13-23-21(18)20)25(16-19-11-6-14-27-19)15-17-7-2-1-3-8-17/h1-5,7-10,12-13,19H,6,11,14-16H2,(H,24,26). The van der Waals surface area contributed by atoms with Gasteiger partial charge in [0.2, 0.25) is 0 Å². The molecule has 1 aromatic heterocycles. The predicted molar refractivity (Wildman–Crippen MR) is 107 cm³/mol. The Labute approximate surface area is 159 Å². The van der Waals surface area contributed by atoms with Crippen molar-refractivity contribution < 1.29 is 9.53 Å². The van der Waals surface area contributed by atoms with Crippen LogP contribution < -0.4 is 5.32 Å². The Kier molecular flexibility index (Phi) is 5.30. The third-order valence-electron chi connectivity index (χ3n) is 4.83. The van der Waals surface area contributed by atoms with E-state index in [1.807, 2.05) is 65.6 Å². The van der Waals surface area contributed by atoms with Crippen molar-refractivity contribution in [1.29, 1.82) is 0 Å². The van der Waals surface area contributed by atoms with Crippen LogP contribution in [0.5, 0.6) is 0 Å². The first-order chi connectivity index (χ1) is 13.3. The number of urea groups is 1. The first kappa shape index (κ1) is 17.5. The fourth-order valence-corrected chi connectivity index (χ4v) is 3.46. The van der Waals surface area contributed by atoms with E-state index < -0.39 is 0 Å². The SMILES string of the molecule is O=C(Nc1cccc2cccnc12)N(Cc1ccccc1)CC1CCCO1. The molecule has 1 fully saturated rings. The summed E-state index contributed by atoms with van der Waals surface area (Å²) in [5.74, 6) is 0. The summed E-state index contributed by atoms with van der Waals surface area (Å²) < 4.78 is 5.76. The van der Waals surface area contributed by atoms with E-state index in [0.29, 0.717) is 13.1 Å². The molecule has 0 bridgehead atoms. The molecule has 0 spiro atoms. The predicted octanol–water partition coefficient (Wildman–Crippen LogP) is 4.45. The molecule has 1 atom stereocenters. The largest absolute Gasteiger partial charge is 0.376 e. The Bertz CT molecular complexity index is 902. The Morgan fingerprint density at radius 1 is 1.11 bits per heavy atom. The van der Waals surface area contributed by atoms with E-state index in [1.165, 1.54) is 0 Å². The number of ether oxygens (including phenoxy) is 1. The second-order valence-electron chi connectivity index (χ2n) is 6.81. The van der Waals surface area contributed by atoms with Gasteiger partial charge in [0, 0.05) is 31.3 Å². The number of carbonyl (C=O) groups is 1. The summed E-state index contributed by atoms with van der Waals surface area (Å²) in [6, 6.07) is 19.6. The number of aromatic nitrogens is 1. The molecule has 1 N–H and O–H groups in total. The van der Waals surface area contributed by atoms with E-state index in [4.69, 9.17) is 4.74 Å². The Morgan fingerprint density at radius 3 is 2.78 bits per heavy atom. The summed E-state index contributed by atoms with van der Waals surface area (Å²) in [6.07, 6.45) is 3.89. The lowest BCUT2D eigenvalue weighted by Crippen LogP contribution is -2.39. The highest BCUT2D eigenvalue weighted by Gasteiger charge is 2.23. The maximum Gasteiger partial charge on any atom is 0.322 e. The number of fused-ring (bicyclic) bond motifs is 1. The molecule has 2 heterocycles. The Morgan fingerprint density at radius 2 is 1.96 bits per heavy atom. The van der Waals surface area contributed by atoms with Crippen LogP contribution in [0.1, 0.15) is 18.4 Å². The van der Waals surface area contributed by atoms with Crippen molar-refractivity contribution in [3.63, 3.8) is 0 Å². The summed E-state index contributed by atoms with van der Waals surface area (Å²) in [7, 11) is 0. The molecule has 2 aromatic carbocycles. The van der Waals surface area contributed by atoms with Gasteiger partial charge in [-0.15, -0.1) is 0 Å². The summed E-state index contributed by atoms with van der Waals surface area (Å²) in [6.45, 7) is 1.91. The smallest absolute Gasteiger partial charge is 0.322 e. The van der Waals surface area contributed by atoms with E-state index in [9.17, 15) is 4.79 Å². The number of para-hydroxylation sites is 1. The van der Waals surface area contributed by atoms with E-state index in [1.54, 1.807) is 6.20 Å². The maximum absolute atomic E-state index is 13.1. The van der Waals surface area contributed by atoms with Crippen molar-refractivity contribution in [3.05, 3.63) is 72.4 Å². The molecule has 1 unspecified atom stereocenters. The van der Waals surface area contributed by atoms with Gasteiger partial charge < -0.3 is 15.0 Å². The van der Waals surface area contributed by atoms with Crippen LogP contribution in [0.15, 0.2) is 66.9 Å². The molecule has 1 saturated heterocycles. The second kappa shape index (κ2) is 8.18. The van der Waals surface area contributed by atoms with Crippen LogP contribution in [-0.4, -0.2) is 35.2 Å². The monoisotopic (exact) mass is 361 g/mol. The lowest BCUT2D eigenvalue weighted by Gasteiger charge is -2.26. The number of pyridine rings is 1. The number of hydrogen-bond acceptors (Lipinski definition) is 3. The van der Waals surface area contributed by atoms with Gasteiger partial charge in [-0.05, 0) is 30.5 Å². The minimum Gasteiger partial charge on any atom is -0.376 e. The van der Waals surface area contributed by atoms with Gasteiger partial charge in [-0.2, -0.15) is 0 Å². The molecule has 1 aliphatic rings. The molecule has 5 heteroatoms. The Hall–Kier alpha value is -2.92. The number of rotatable bonds is 5. The quantitative estimate of drug-likeness (QED) is 0.730. The van der Waals surface area contributed by atoms with E-state index in [-0.39, 0.29) is 12.1 Å². The van der Waals surface area contributed by atoms with Gasteiger partial charge >= 0.3 is 6.03 Å². The lowest BCUT2D eigenvalue weighted by atomic mass is 10.2. The fourth-order valence-electron chi connectivity index (χ4n) is 3.46. The van der Waals surface area contributed by atoms with Crippen LogP contribution in [0.2, 0.25) is 0 Å². The van der Waals surface area contributed by atoms with Gasteiger partial charge in [0.15, 0.2) is 0 Å². The van der Waals surface area contributed by atoms with Crippen LogP contribution in [0, 0.1) is 0 Å². The third kappa shape index (κ3) is 4.26. The molecule has 2 amide bonds. The second-order valence-corrected chi connectivity index (χ2v) is 6.81. The molecule has 0 radical (unpaired) electrons. The zero-order valence-corrected chi connectivity index (χ0v) is 15.2. The highest BCUT2D eigenvalue weighted by molar-refractivity contribution is 5.99. The molecule has 4 rings (SSSR count). The highest BCUT2D eigenvalue weighted by atomic mass is 16.5. The van der Waals surface area contributed by atoms with E-state index >= 15 is 0 Å². The molecular weight excluding hydrogens is 338 g/mol. The first-order valence-corrected chi connectivity index (χ1v) is 9.35. The van der Waals surface area contributed by atoms with Crippen molar-refractivity contribution in [2.75, 3.05) is 18.5 Å². The average molecular weight is 361 g/mol. The topological polar surface area (TPSA) is 54.5 Å².